The number of anilines is 1. The van der Waals surface area contributed by atoms with Crippen LogP contribution < -0.4 is 5.32 Å². The first-order valence-electron chi connectivity index (χ1n) is 8.00. The molecule has 1 aromatic heterocycles. The van der Waals surface area contributed by atoms with Crippen LogP contribution in [0, 0.1) is 0 Å². The van der Waals surface area contributed by atoms with E-state index in [1.54, 1.807) is 18.5 Å². The van der Waals surface area contributed by atoms with Crippen molar-refractivity contribution in [2.45, 2.75) is 19.4 Å². The number of likely N-dealkylation sites (tertiary alicyclic amines) is 1. The zero-order chi connectivity index (χ0) is 15.9. The summed E-state index contributed by atoms with van der Waals surface area (Å²) >= 11 is 0. The maximum atomic E-state index is 12.0. The standard InChI is InChI=1S/C19H21N3O/c23-19(9-8-16-6-4-10-20-14-16)21-18-7-3-5-17(13-18)15-22-11-1-2-12-22/h3-10,13-14H,1-2,11-12,15H2,(H,21,23)/b9-8-. The number of hydrogen-bond acceptors (Lipinski definition) is 3. The Morgan fingerprint density at radius 1 is 1.22 bits per heavy atom. The first kappa shape index (κ1) is 15.4. The van der Waals surface area contributed by atoms with E-state index in [2.05, 4.69) is 21.3 Å². The maximum absolute atomic E-state index is 12.0. The molecule has 0 aliphatic carbocycles. The summed E-state index contributed by atoms with van der Waals surface area (Å²) in [6.45, 7) is 3.30. The van der Waals surface area contributed by atoms with Crippen molar-refractivity contribution >= 4 is 17.7 Å². The zero-order valence-corrected chi connectivity index (χ0v) is 13.1. The molecule has 118 valence electrons. The van der Waals surface area contributed by atoms with Gasteiger partial charge in [-0.15, -0.1) is 0 Å². The summed E-state index contributed by atoms with van der Waals surface area (Å²) in [7, 11) is 0. The molecule has 1 aromatic carbocycles. The van der Waals surface area contributed by atoms with Crippen molar-refractivity contribution in [1.29, 1.82) is 0 Å². The van der Waals surface area contributed by atoms with Crippen molar-refractivity contribution in [2.24, 2.45) is 0 Å². The van der Waals surface area contributed by atoms with Crippen molar-refractivity contribution in [1.82, 2.24) is 9.88 Å². The molecule has 0 bridgehead atoms. The summed E-state index contributed by atoms with van der Waals surface area (Å²) in [6.07, 6.45) is 9.30. The minimum absolute atomic E-state index is 0.132. The molecule has 4 nitrogen and oxygen atoms in total. The van der Waals surface area contributed by atoms with E-state index in [9.17, 15) is 4.79 Å². The Morgan fingerprint density at radius 3 is 2.87 bits per heavy atom. The molecule has 0 saturated carbocycles. The van der Waals surface area contributed by atoms with Crippen LogP contribution in [-0.4, -0.2) is 28.9 Å². The van der Waals surface area contributed by atoms with Gasteiger partial charge in [-0.25, -0.2) is 0 Å². The van der Waals surface area contributed by atoms with Gasteiger partial charge in [0.15, 0.2) is 0 Å². The Bertz CT molecular complexity index is 676. The molecule has 1 aliphatic heterocycles. The number of amides is 1. The minimum Gasteiger partial charge on any atom is -0.323 e. The zero-order valence-electron chi connectivity index (χ0n) is 13.1. The Morgan fingerprint density at radius 2 is 2.09 bits per heavy atom. The first-order chi connectivity index (χ1) is 11.3. The van der Waals surface area contributed by atoms with Gasteiger partial charge < -0.3 is 5.32 Å². The second-order valence-electron chi connectivity index (χ2n) is 5.79. The van der Waals surface area contributed by atoms with Crippen molar-refractivity contribution in [2.75, 3.05) is 18.4 Å². The number of rotatable bonds is 5. The molecule has 0 unspecified atom stereocenters. The first-order valence-corrected chi connectivity index (χ1v) is 8.00. The fraction of sp³-hybridized carbons (Fsp3) is 0.263. The van der Waals surface area contributed by atoms with Crippen molar-refractivity contribution in [3.05, 3.63) is 66.0 Å². The van der Waals surface area contributed by atoms with Gasteiger partial charge in [-0.1, -0.05) is 18.2 Å². The molecular formula is C19H21N3O. The van der Waals surface area contributed by atoms with E-state index in [0.29, 0.717) is 0 Å². The van der Waals surface area contributed by atoms with E-state index >= 15 is 0 Å². The summed E-state index contributed by atoms with van der Waals surface area (Å²) in [6, 6.07) is 11.8. The highest BCUT2D eigenvalue weighted by Crippen LogP contribution is 2.16. The molecule has 2 heterocycles. The summed E-state index contributed by atoms with van der Waals surface area (Å²) in [5, 5.41) is 2.91. The largest absolute Gasteiger partial charge is 0.323 e. The monoisotopic (exact) mass is 307 g/mol. The van der Waals surface area contributed by atoms with E-state index in [1.165, 1.54) is 37.6 Å². The van der Waals surface area contributed by atoms with E-state index in [0.717, 1.165) is 17.8 Å². The number of nitrogens with one attached hydrogen (secondary N) is 1. The van der Waals surface area contributed by atoms with E-state index < -0.39 is 0 Å². The lowest BCUT2D eigenvalue weighted by molar-refractivity contribution is -0.111. The van der Waals surface area contributed by atoms with Crippen LogP contribution in [0.5, 0.6) is 0 Å². The minimum atomic E-state index is -0.132. The maximum Gasteiger partial charge on any atom is 0.248 e. The lowest BCUT2D eigenvalue weighted by Gasteiger charge is -2.15. The van der Waals surface area contributed by atoms with Gasteiger partial charge in [0, 0.05) is 30.7 Å². The molecule has 4 heteroatoms. The summed E-state index contributed by atoms with van der Waals surface area (Å²) in [5.74, 6) is -0.132. The fourth-order valence-electron chi connectivity index (χ4n) is 2.78. The number of pyridine rings is 1. The van der Waals surface area contributed by atoms with Gasteiger partial charge in [0.1, 0.15) is 0 Å². The molecule has 1 aliphatic rings. The lowest BCUT2D eigenvalue weighted by Crippen LogP contribution is -2.18. The van der Waals surface area contributed by atoms with Gasteiger partial charge in [0.05, 0.1) is 0 Å². The molecule has 2 aromatic rings. The predicted molar refractivity (Wildman–Crippen MR) is 92.9 cm³/mol. The van der Waals surface area contributed by atoms with Crippen molar-refractivity contribution < 1.29 is 4.79 Å². The number of carbonyl (C=O) groups is 1. The van der Waals surface area contributed by atoms with Crippen molar-refractivity contribution in [3.8, 4) is 0 Å². The number of carbonyl (C=O) groups excluding carboxylic acids is 1. The normalized spacial score (nSPS) is 15.1. The summed E-state index contributed by atoms with van der Waals surface area (Å²) in [5.41, 5.74) is 2.98. The fourth-order valence-corrected chi connectivity index (χ4v) is 2.78. The highest BCUT2D eigenvalue weighted by Gasteiger charge is 2.11. The predicted octanol–water partition coefficient (Wildman–Crippen LogP) is 3.33. The average molecular weight is 307 g/mol. The number of nitrogens with zero attached hydrogens (tertiary/aromatic N) is 2. The van der Waals surface area contributed by atoms with Gasteiger partial charge in [0.2, 0.25) is 5.91 Å². The van der Waals surface area contributed by atoms with Crippen LogP contribution in [-0.2, 0) is 11.3 Å². The Labute approximate surface area is 136 Å². The smallest absolute Gasteiger partial charge is 0.248 e. The highest BCUT2D eigenvalue weighted by atomic mass is 16.1. The van der Waals surface area contributed by atoms with E-state index in [1.807, 2.05) is 30.3 Å². The third-order valence-corrected chi connectivity index (χ3v) is 3.91. The molecule has 0 radical (unpaired) electrons. The molecule has 1 saturated heterocycles. The topological polar surface area (TPSA) is 45.2 Å². The summed E-state index contributed by atoms with van der Waals surface area (Å²) in [4.78, 5) is 18.5. The van der Waals surface area contributed by atoms with Gasteiger partial charge >= 0.3 is 0 Å². The lowest BCUT2D eigenvalue weighted by atomic mass is 10.2. The van der Waals surface area contributed by atoms with E-state index in [4.69, 9.17) is 0 Å². The van der Waals surface area contributed by atoms with Crippen molar-refractivity contribution in [3.63, 3.8) is 0 Å². The molecule has 1 N–H and O–H groups in total. The second-order valence-corrected chi connectivity index (χ2v) is 5.79. The van der Waals surface area contributed by atoms with Crippen LogP contribution in [0.4, 0.5) is 5.69 Å². The van der Waals surface area contributed by atoms with Crippen LogP contribution in [0.15, 0.2) is 54.9 Å². The number of benzene rings is 1. The van der Waals surface area contributed by atoms with Crippen LogP contribution in [0.25, 0.3) is 6.08 Å². The summed E-state index contributed by atoms with van der Waals surface area (Å²) < 4.78 is 0. The molecule has 1 amide bonds. The highest BCUT2D eigenvalue weighted by molar-refractivity contribution is 6.01. The van der Waals surface area contributed by atoms with Crippen LogP contribution in [0.1, 0.15) is 24.0 Å². The van der Waals surface area contributed by atoms with Gasteiger partial charge in [-0.05, 0) is 61.3 Å². The van der Waals surface area contributed by atoms with Gasteiger partial charge in [0.25, 0.3) is 0 Å². The third kappa shape index (κ3) is 4.76. The molecule has 0 atom stereocenters. The second kappa shape index (κ2) is 7.70. The van der Waals surface area contributed by atoms with Gasteiger partial charge in [-0.3, -0.25) is 14.7 Å². The third-order valence-electron chi connectivity index (χ3n) is 3.91. The Kier molecular flexibility index (Phi) is 5.17. The average Bonchev–Trinajstić information content (AvgIpc) is 3.07. The number of hydrogen-bond donors (Lipinski definition) is 1. The molecule has 1 fully saturated rings. The quantitative estimate of drug-likeness (QED) is 0.862. The molecular weight excluding hydrogens is 286 g/mol. The SMILES string of the molecule is O=C(/C=C\c1cccnc1)Nc1cccc(CN2CCCC2)c1. The Hall–Kier alpha value is -2.46. The molecule has 0 spiro atoms. The molecule has 3 rings (SSSR count). The van der Waals surface area contributed by atoms with Crippen LogP contribution >= 0.6 is 0 Å². The van der Waals surface area contributed by atoms with Crippen LogP contribution in [0.2, 0.25) is 0 Å². The van der Waals surface area contributed by atoms with Crippen LogP contribution in [0.3, 0.4) is 0 Å². The number of aromatic nitrogens is 1. The van der Waals surface area contributed by atoms with Gasteiger partial charge in [-0.2, -0.15) is 0 Å². The Balaban J connectivity index is 1.58. The van der Waals surface area contributed by atoms with E-state index in [-0.39, 0.29) is 5.91 Å². The molecule has 23 heavy (non-hydrogen) atoms.